The van der Waals surface area contributed by atoms with Crippen LogP contribution in [-0.4, -0.2) is 27.7 Å². The van der Waals surface area contributed by atoms with Gasteiger partial charge in [-0.3, -0.25) is 14.0 Å². The van der Waals surface area contributed by atoms with E-state index in [9.17, 15) is 18.4 Å². The first kappa shape index (κ1) is 19.5. The summed E-state index contributed by atoms with van der Waals surface area (Å²) >= 11 is 0. The number of hydrogen-bond donors (Lipinski definition) is 2. The van der Waals surface area contributed by atoms with Gasteiger partial charge in [0.2, 0.25) is 5.82 Å². The van der Waals surface area contributed by atoms with Gasteiger partial charge in [-0.15, -0.1) is 0 Å². The smallest absolute Gasteiger partial charge is 0.292 e. The summed E-state index contributed by atoms with van der Waals surface area (Å²) in [4.78, 5) is 29.3. The van der Waals surface area contributed by atoms with Crippen LogP contribution in [0.25, 0.3) is 5.52 Å². The normalized spacial score (nSPS) is 10.8. The van der Waals surface area contributed by atoms with Crippen molar-refractivity contribution in [3.05, 3.63) is 65.7 Å². The highest BCUT2D eigenvalue weighted by Crippen LogP contribution is 2.18. The molecule has 2 amide bonds. The summed E-state index contributed by atoms with van der Waals surface area (Å²) < 4.78 is 28.3. The van der Waals surface area contributed by atoms with Crippen molar-refractivity contribution in [3.63, 3.8) is 0 Å². The van der Waals surface area contributed by atoms with Gasteiger partial charge in [-0.2, -0.15) is 0 Å². The lowest BCUT2D eigenvalue weighted by Crippen LogP contribution is -2.25. The van der Waals surface area contributed by atoms with Crippen molar-refractivity contribution in [2.75, 3.05) is 11.9 Å². The number of anilines is 1. The lowest BCUT2D eigenvalue weighted by molar-refractivity contribution is 0.0950. The fraction of sp³-hybridized carbons (Fsp3) is 0.250. The second-order valence-electron chi connectivity index (χ2n) is 6.28. The van der Waals surface area contributed by atoms with Crippen molar-refractivity contribution in [1.29, 1.82) is 0 Å². The van der Waals surface area contributed by atoms with Gasteiger partial charge in [0.1, 0.15) is 11.6 Å². The molecule has 146 valence electrons. The van der Waals surface area contributed by atoms with Crippen LogP contribution in [0, 0.1) is 11.6 Å². The SMILES string of the molecule is CCCCCNC(=O)c1nc(C(=O)Nc2ccc(F)cc2F)n2ccccc12. The first-order chi connectivity index (χ1) is 13.5. The highest BCUT2D eigenvalue weighted by atomic mass is 19.1. The van der Waals surface area contributed by atoms with Crippen molar-refractivity contribution in [3.8, 4) is 0 Å². The van der Waals surface area contributed by atoms with E-state index in [2.05, 4.69) is 22.5 Å². The zero-order chi connectivity index (χ0) is 20.1. The van der Waals surface area contributed by atoms with Gasteiger partial charge in [-0.25, -0.2) is 13.8 Å². The van der Waals surface area contributed by atoms with Gasteiger partial charge in [0.05, 0.1) is 11.2 Å². The zero-order valence-electron chi connectivity index (χ0n) is 15.3. The fourth-order valence-electron chi connectivity index (χ4n) is 2.79. The van der Waals surface area contributed by atoms with Gasteiger partial charge in [-0.1, -0.05) is 25.8 Å². The average Bonchev–Trinajstić information content (AvgIpc) is 3.07. The molecule has 1 aromatic carbocycles. The number of rotatable bonds is 7. The second-order valence-corrected chi connectivity index (χ2v) is 6.28. The summed E-state index contributed by atoms with van der Waals surface area (Å²) in [6, 6.07) is 7.92. The molecule has 0 fully saturated rings. The lowest BCUT2D eigenvalue weighted by Gasteiger charge is -2.05. The van der Waals surface area contributed by atoms with E-state index in [-0.39, 0.29) is 23.1 Å². The highest BCUT2D eigenvalue weighted by molar-refractivity contribution is 6.06. The Balaban J connectivity index is 1.87. The van der Waals surface area contributed by atoms with E-state index in [1.165, 1.54) is 4.40 Å². The van der Waals surface area contributed by atoms with Crippen molar-refractivity contribution >= 4 is 23.0 Å². The van der Waals surface area contributed by atoms with Crippen LogP contribution in [0.2, 0.25) is 0 Å². The Bertz CT molecular complexity index is 1020. The molecule has 0 aliphatic carbocycles. The molecule has 2 N–H and O–H groups in total. The summed E-state index contributed by atoms with van der Waals surface area (Å²) in [5.41, 5.74) is 0.395. The Hall–Kier alpha value is -3.29. The number of carbonyl (C=O) groups is 2. The molecule has 0 atom stereocenters. The molecule has 28 heavy (non-hydrogen) atoms. The Morgan fingerprint density at radius 1 is 1.11 bits per heavy atom. The first-order valence-electron chi connectivity index (χ1n) is 9.03. The van der Waals surface area contributed by atoms with Gasteiger partial charge >= 0.3 is 0 Å². The van der Waals surface area contributed by atoms with Crippen LogP contribution in [-0.2, 0) is 0 Å². The summed E-state index contributed by atoms with van der Waals surface area (Å²) in [7, 11) is 0. The van der Waals surface area contributed by atoms with E-state index in [1.54, 1.807) is 24.4 Å². The molecule has 2 heterocycles. The van der Waals surface area contributed by atoms with Gasteiger partial charge < -0.3 is 10.6 Å². The van der Waals surface area contributed by atoms with Crippen molar-refractivity contribution in [2.45, 2.75) is 26.2 Å². The molecule has 6 nitrogen and oxygen atoms in total. The second kappa shape index (κ2) is 8.60. The van der Waals surface area contributed by atoms with E-state index in [0.29, 0.717) is 18.1 Å². The molecular formula is C20H20F2N4O2. The molecule has 0 saturated heterocycles. The number of nitrogens with zero attached hydrogens (tertiary/aromatic N) is 2. The summed E-state index contributed by atoms with van der Waals surface area (Å²) in [6.45, 7) is 2.58. The van der Waals surface area contributed by atoms with Crippen LogP contribution in [0.1, 0.15) is 47.3 Å². The molecule has 0 unspecified atom stereocenters. The fourth-order valence-corrected chi connectivity index (χ4v) is 2.79. The monoisotopic (exact) mass is 386 g/mol. The predicted molar refractivity (Wildman–Crippen MR) is 101 cm³/mol. The summed E-state index contributed by atoms with van der Waals surface area (Å²) in [6.07, 6.45) is 4.48. The summed E-state index contributed by atoms with van der Waals surface area (Å²) in [5.74, 6) is -2.81. The zero-order valence-corrected chi connectivity index (χ0v) is 15.3. The number of nitrogens with one attached hydrogen (secondary N) is 2. The van der Waals surface area contributed by atoms with E-state index in [4.69, 9.17) is 0 Å². The molecular weight excluding hydrogens is 366 g/mol. The van der Waals surface area contributed by atoms with Gasteiger partial charge in [-0.05, 0) is 30.7 Å². The number of benzene rings is 1. The van der Waals surface area contributed by atoms with E-state index in [1.807, 2.05) is 0 Å². The number of carbonyl (C=O) groups excluding carboxylic acids is 2. The molecule has 8 heteroatoms. The van der Waals surface area contributed by atoms with Crippen LogP contribution >= 0.6 is 0 Å². The number of aromatic nitrogens is 2. The first-order valence-corrected chi connectivity index (χ1v) is 9.03. The Kier molecular flexibility index (Phi) is 5.98. The van der Waals surface area contributed by atoms with E-state index in [0.717, 1.165) is 31.4 Å². The molecule has 3 aromatic rings. The standard InChI is InChI=1S/C20H20F2N4O2/c1-2-3-5-10-23-19(27)17-16-7-4-6-11-26(16)18(25-17)20(28)24-15-9-8-13(21)12-14(15)22/h4,6-9,11-12H,2-3,5,10H2,1H3,(H,23,27)(H,24,28). The maximum absolute atomic E-state index is 13.8. The number of halogens is 2. The Morgan fingerprint density at radius 2 is 1.93 bits per heavy atom. The third kappa shape index (κ3) is 4.16. The maximum Gasteiger partial charge on any atom is 0.292 e. The van der Waals surface area contributed by atoms with Crippen molar-refractivity contribution in [2.24, 2.45) is 0 Å². The number of imidazole rings is 1. The Morgan fingerprint density at radius 3 is 2.68 bits per heavy atom. The molecule has 0 saturated carbocycles. The van der Waals surface area contributed by atoms with Crippen LogP contribution in [0.5, 0.6) is 0 Å². The molecule has 3 rings (SSSR count). The van der Waals surface area contributed by atoms with Gasteiger partial charge in [0.15, 0.2) is 5.69 Å². The quantitative estimate of drug-likeness (QED) is 0.607. The average molecular weight is 386 g/mol. The highest BCUT2D eigenvalue weighted by Gasteiger charge is 2.22. The van der Waals surface area contributed by atoms with Gasteiger partial charge in [0, 0.05) is 18.8 Å². The molecule has 0 aliphatic rings. The molecule has 0 aliphatic heterocycles. The van der Waals surface area contributed by atoms with Crippen LogP contribution in [0.15, 0.2) is 42.6 Å². The van der Waals surface area contributed by atoms with E-state index >= 15 is 0 Å². The van der Waals surface area contributed by atoms with Crippen molar-refractivity contribution < 1.29 is 18.4 Å². The number of hydrogen-bond acceptors (Lipinski definition) is 3. The minimum absolute atomic E-state index is 0.0713. The van der Waals surface area contributed by atoms with Crippen molar-refractivity contribution in [1.82, 2.24) is 14.7 Å². The van der Waals surface area contributed by atoms with Crippen LogP contribution in [0.3, 0.4) is 0 Å². The molecule has 0 spiro atoms. The van der Waals surface area contributed by atoms with Crippen LogP contribution in [0.4, 0.5) is 14.5 Å². The number of fused-ring (bicyclic) bond motifs is 1. The van der Waals surface area contributed by atoms with E-state index < -0.39 is 17.5 Å². The topological polar surface area (TPSA) is 75.5 Å². The Labute approximate surface area is 160 Å². The third-order valence-electron chi connectivity index (χ3n) is 4.21. The maximum atomic E-state index is 13.8. The lowest BCUT2D eigenvalue weighted by atomic mass is 10.2. The molecule has 2 aromatic heterocycles. The van der Waals surface area contributed by atoms with Gasteiger partial charge in [0.25, 0.3) is 11.8 Å². The third-order valence-corrected chi connectivity index (χ3v) is 4.21. The number of amides is 2. The minimum Gasteiger partial charge on any atom is -0.351 e. The number of pyridine rings is 1. The summed E-state index contributed by atoms with van der Waals surface area (Å²) in [5, 5.41) is 5.16. The van der Waals surface area contributed by atoms with Crippen LogP contribution < -0.4 is 10.6 Å². The predicted octanol–water partition coefficient (Wildman–Crippen LogP) is 3.78. The minimum atomic E-state index is -0.900. The largest absolute Gasteiger partial charge is 0.351 e. The molecule has 0 bridgehead atoms. The molecule has 0 radical (unpaired) electrons. The number of unbranched alkanes of at least 4 members (excludes halogenated alkanes) is 2.